The van der Waals surface area contributed by atoms with Crippen LogP contribution in [-0.4, -0.2) is 37.6 Å². The van der Waals surface area contributed by atoms with Crippen LogP contribution in [0.4, 0.5) is 19.0 Å². The summed E-state index contributed by atoms with van der Waals surface area (Å²) in [5.74, 6) is -4.33. The van der Waals surface area contributed by atoms with E-state index in [4.69, 9.17) is 5.73 Å². The number of rotatable bonds is 5. The molecule has 34 heavy (non-hydrogen) atoms. The zero-order valence-corrected chi connectivity index (χ0v) is 17.9. The summed E-state index contributed by atoms with van der Waals surface area (Å²) in [6.07, 6.45) is 2.58. The lowest BCUT2D eigenvalue weighted by Gasteiger charge is -2.07. The molecule has 0 spiro atoms. The van der Waals surface area contributed by atoms with E-state index in [1.54, 1.807) is 12.1 Å². The highest BCUT2D eigenvalue weighted by molar-refractivity contribution is 6.11. The van der Waals surface area contributed by atoms with Crippen LogP contribution < -0.4 is 10.5 Å². The Morgan fingerprint density at radius 3 is 2.71 bits per heavy atom. The van der Waals surface area contributed by atoms with Gasteiger partial charge in [-0.05, 0) is 37.3 Å². The van der Waals surface area contributed by atoms with Crippen molar-refractivity contribution < 1.29 is 22.7 Å². The SMILES string of the molecule is COc1c(F)cc(-c2c[nH]c(C(=O)c3cnn(-c4ccc5[nH]c(C)nc5c4)c3N)c2)c(F)c1F. The number of methoxy groups -OCH3 is 1. The molecule has 3 aromatic heterocycles. The summed E-state index contributed by atoms with van der Waals surface area (Å²) in [6.45, 7) is 1.84. The van der Waals surface area contributed by atoms with E-state index < -0.39 is 29.0 Å². The average Bonchev–Trinajstić information content (AvgIpc) is 3.53. The number of H-pyrrole nitrogens is 2. The fourth-order valence-corrected chi connectivity index (χ4v) is 3.79. The molecule has 172 valence electrons. The molecule has 0 fully saturated rings. The van der Waals surface area contributed by atoms with Crippen molar-refractivity contribution in [3.63, 3.8) is 0 Å². The molecule has 5 rings (SSSR count). The van der Waals surface area contributed by atoms with E-state index >= 15 is 0 Å². The first-order valence-corrected chi connectivity index (χ1v) is 10.0. The van der Waals surface area contributed by atoms with Gasteiger partial charge in [0.1, 0.15) is 11.6 Å². The summed E-state index contributed by atoms with van der Waals surface area (Å²) < 4.78 is 48.6. The number of carbonyl (C=O) groups is 1. The number of aryl methyl sites for hydroxylation is 1. The number of nitrogens with zero attached hydrogens (tertiary/aromatic N) is 3. The molecular formula is C23H17F3N6O2. The first-order chi connectivity index (χ1) is 16.3. The highest BCUT2D eigenvalue weighted by Gasteiger charge is 2.23. The maximum absolute atomic E-state index is 14.5. The van der Waals surface area contributed by atoms with E-state index in [1.165, 1.54) is 23.1 Å². The standard InChI is InChI=1S/C23H17F3N6O2/c1-10-30-16-4-3-12(6-17(16)31-10)32-23(27)14(9-29-32)21(33)18-5-11(8-28-18)13-7-15(24)22(34-2)20(26)19(13)25/h3-9,28H,27H2,1-2H3,(H,30,31). The summed E-state index contributed by atoms with van der Waals surface area (Å²) in [6, 6.07) is 7.46. The van der Waals surface area contributed by atoms with Crippen molar-refractivity contribution in [3.8, 4) is 22.6 Å². The predicted molar refractivity (Wildman–Crippen MR) is 118 cm³/mol. The Balaban J connectivity index is 1.48. The number of hydrogen-bond donors (Lipinski definition) is 3. The number of aromatic nitrogens is 5. The zero-order chi connectivity index (χ0) is 24.1. The zero-order valence-electron chi connectivity index (χ0n) is 17.9. The van der Waals surface area contributed by atoms with Gasteiger partial charge >= 0.3 is 0 Å². The lowest BCUT2D eigenvalue weighted by Crippen LogP contribution is -2.07. The number of carbonyl (C=O) groups excluding carboxylic acids is 1. The Morgan fingerprint density at radius 1 is 1.15 bits per heavy atom. The average molecular weight is 466 g/mol. The Kier molecular flexibility index (Phi) is 4.89. The molecule has 8 nitrogen and oxygen atoms in total. The molecule has 0 saturated carbocycles. The van der Waals surface area contributed by atoms with Crippen LogP contribution in [0.25, 0.3) is 27.8 Å². The van der Waals surface area contributed by atoms with Crippen molar-refractivity contribution in [1.29, 1.82) is 0 Å². The van der Waals surface area contributed by atoms with E-state index in [2.05, 4.69) is 24.8 Å². The Labute approximate surface area is 190 Å². The number of nitrogens with one attached hydrogen (secondary N) is 2. The van der Waals surface area contributed by atoms with Gasteiger partial charge in [0.15, 0.2) is 17.4 Å². The second-order valence-electron chi connectivity index (χ2n) is 7.58. The summed E-state index contributed by atoms with van der Waals surface area (Å²) >= 11 is 0. The minimum atomic E-state index is -1.46. The minimum absolute atomic E-state index is 0.0377. The number of aromatic amines is 2. The van der Waals surface area contributed by atoms with Gasteiger partial charge in [-0.25, -0.2) is 18.4 Å². The number of nitrogens with two attached hydrogens (primary N) is 1. The number of fused-ring (bicyclic) bond motifs is 1. The third kappa shape index (κ3) is 3.29. The molecule has 0 unspecified atom stereocenters. The summed E-state index contributed by atoms with van der Waals surface area (Å²) in [4.78, 5) is 23.2. The van der Waals surface area contributed by atoms with Gasteiger partial charge < -0.3 is 20.4 Å². The van der Waals surface area contributed by atoms with Gasteiger partial charge in [-0.1, -0.05) is 0 Å². The molecule has 0 aliphatic rings. The number of hydrogen-bond acceptors (Lipinski definition) is 5. The molecule has 11 heteroatoms. The van der Waals surface area contributed by atoms with Crippen LogP contribution in [0.3, 0.4) is 0 Å². The van der Waals surface area contributed by atoms with Crippen LogP contribution in [0, 0.1) is 24.4 Å². The van der Waals surface area contributed by atoms with E-state index in [0.29, 0.717) is 11.2 Å². The smallest absolute Gasteiger partial charge is 0.214 e. The second kappa shape index (κ2) is 7.80. The number of ether oxygens (including phenoxy) is 1. The van der Waals surface area contributed by atoms with E-state index in [-0.39, 0.29) is 28.2 Å². The molecule has 0 aliphatic heterocycles. The topological polar surface area (TPSA) is 115 Å². The van der Waals surface area contributed by atoms with Gasteiger partial charge in [-0.15, -0.1) is 0 Å². The fourth-order valence-electron chi connectivity index (χ4n) is 3.79. The minimum Gasteiger partial charge on any atom is -0.491 e. The lowest BCUT2D eigenvalue weighted by molar-refractivity contribution is 0.103. The monoisotopic (exact) mass is 466 g/mol. The molecule has 2 aromatic carbocycles. The highest BCUT2D eigenvalue weighted by Crippen LogP contribution is 2.33. The largest absolute Gasteiger partial charge is 0.491 e. The van der Waals surface area contributed by atoms with Crippen LogP contribution in [-0.2, 0) is 0 Å². The molecular weight excluding hydrogens is 449 g/mol. The maximum atomic E-state index is 14.5. The Bertz CT molecular complexity index is 1580. The lowest BCUT2D eigenvalue weighted by atomic mass is 10.1. The van der Waals surface area contributed by atoms with Crippen molar-refractivity contribution in [2.45, 2.75) is 6.92 Å². The van der Waals surface area contributed by atoms with Crippen LogP contribution >= 0.6 is 0 Å². The van der Waals surface area contributed by atoms with Crippen LogP contribution in [0.2, 0.25) is 0 Å². The van der Waals surface area contributed by atoms with Gasteiger partial charge in [-0.2, -0.15) is 9.49 Å². The summed E-state index contributed by atoms with van der Waals surface area (Å²) in [5.41, 5.74) is 8.22. The number of imidazole rings is 1. The molecule has 5 aromatic rings. The molecule has 0 saturated heterocycles. The van der Waals surface area contributed by atoms with Crippen LogP contribution in [0.5, 0.6) is 5.75 Å². The Morgan fingerprint density at radius 2 is 1.94 bits per heavy atom. The summed E-state index contributed by atoms with van der Waals surface area (Å²) in [7, 11) is 1.03. The quantitative estimate of drug-likeness (QED) is 0.264. The van der Waals surface area contributed by atoms with Crippen molar-refractivity contribution in [3.05, 3.63) is 77.3 Å². The van der Waals surface area contributed by atoms with Gasteiger partial charge in [0.2, 0.25) is 11.6 Å². The first-order valence-electron chi connectivity index (χ1n) is 10.0. The molecule has 0 bridgehead atoms. The normalized spacial score (nSPS) is 11.3. The van der Waals surface area contributed by atoms with Crippen molar-refractivity contribution in [1.82, 2.24) is 24.7 Å². The van der Waals surface area contributed by atoms with Gasteiger partial charge in [0, 0.05) is 17.3 Å². The number of anilines is 1. The van der Waals surface area contributed by atoms with Crippen LogP contribution in [0.1, 0.15) is 21.9 Å². The number of nitrogen functional groups attached to an aromatic ring is 1. The molecule has 0 atom stereocenters. The first kappa shape index (κ1) is 21.3. The number of ketones is 1. The van der Waals surface area contributed by atoms with Gasteiger partial charge in [0.25, 0.3) is 0 Å². The molecule has 4 N–H and O–H groups in total. The highest BCUT2D eigenvalue weighted by atomic mass is 19.2. The van der Waals surface area contributed by atoms with E-state index in [9.17, 15) is 18.0 Å². The number of benzene rings is 2. The predicted octanol–water partition coefficient (Wildman–Crippen LogP) is 4.29. The third-order valence-corrected chi connectivity index (χ3v) is 5.44. The second-order valence-corrected chi connectivity index (χ2v) is 7.58. The Hall–Kier alpha value is -4.54. The maximum Gasteiger partial charge on any atom is 0.214 e. The van der Waals surface area contributed by atoms with Gasteiger partial charge in [-0.3, -0.25) is 4.79 Å². The number of halogens is 3. The molecule has 0 amide bonds. The molecule has 3 heterocycles. The van der Waals surface area contributed by atoms with E-state index in [1.807, 2.05) is 13.0 Å². The van der Waals surface area contributed by atoms with Crippen molar-refractivity contribution in [2.24, 2.45) is 0 Å². The van der Waals surface area contributed by atoms with Crippen molar-refractivity contribution in [2.75, 3.05) is 12.8 Å². The molecule has 0 aliphatic carbocycles. The summed E-state index contributed by atoms with van der Waals surface area (Å²) in [5, 5.41) is 4.21. The van der Waals surface area contributed by atoms with Crippen LogP contribution in [0.15, 0.2) is 42.7 Å². The fraction of sp³-hybridized carbons (Fsp3) is 0.0870. The van der Waals surface area contributed by atoms with Gasteiger partial charge in [0.05, 0.1) is 41.3 Å². The third-order valence-electron chi connectivity index (χ3n) is 5.44. The molecule has 0 radical (unpaired) electrons. The van der Waals surface area contributed by atoms with E-state index in [0.717, 1.165) is 24.5 Å². The van der Waals surface area contributed by atoms with Crippen molar-refractivity contribution >= 4 is 22.6 Å².